The third kappa shape index (κ3) is 4.87. The Labute approximate surface area is 216 Å². The summed E-state index contributed by atoms with van der Waals surface area (Å²) in [4.78, 5) is 4.63. The van der Waals surface area contributed by atoms with Gasteiger partial charge in [-0.3, -0.25) is 0 Å². The minimum atomic E-state index is -0.677. The van der Waals surface area contributed by atoms with Crippen LogP contribution in [0.15, 0.2) is 71.5 Å². The number of halogens is 5. The van der Waals surface area contributed by atoms with Crippen molar-refractivity contribution in [1.29, 1.82) is 0 Å². The maximum atomic E-state index is 14.9. The molecule has 2 heterocycles. The van der Waals surface area contributed by atoms with E-state index in [2.05, 4.69) is 4.98 Å². The highest BCUT2D eigenvalue weighted by Gasteiger charge is 2.34. The summed E-state index contributed by atoms with van der Waals surface area (Å²) in [5.74, 6) is -0.380. The number of hydrogen-bond donors (Lipinski definition) is 0. The van der Waals surface area contributed by atoms with Crippen LogP contribution in [-0.4, -0.2) is 16.7 Å². The van der Waals surface area contributed by atoms with Crippen molar-refractivity contribution >= 4 is 46.6 Å². The first-order chi connectivity index (χ1) is 16.2. The predicted molar refractivity (Wildman–Crippen MR) is 135 cm³/mol. The van der Waals surface area contributed by atoms with Crippen molar-refractivity contribution in [2.24, 2.45) is 0 Å². The highest BCUT2D eigenvalue weighted by molar-refractivity contribution is 7.98. The van der Waals surface area contributed by atoms with Crippen LogP contribution in [-0.2, 0) is 22.4 Å². The Morgan fingerprint density at radius 3 is 2.59 bits per heavy atom. The number of aromatic nitrogens is 2. The van der Waals surface area contributed by atoms with Crippen LogP contribution in [0, 0.1) is 5.82 Å². The summed E-state index contributed by atoms with van der Waals surface area (Å²) in [6.07, 6.45) is 5.27. The van der Waals surface area contributed by atoms with Gasteiger partial charge < -0.3 is 9.30 Å². The van der Waals surface area contributed by atoms with Gasteiger partial charge in [-0.25, -0.2) is 13.8 Å². The molecule has 0 radical (unpaired) electrons. The molecule has 4 rings (SSSR count). The molecule has 1 unspecified atom stereocenters. The third-order valence-electron chi connectivity index (χ3n) is 5.95. The average molecular weight is 542 g/mol. The van der Waals surface area contributed by atoms with Crippen molar-refractivity contribution in [1.82, 2.24) is 9.55 Å². The van der Waals surface area contributed by atoms with E-state index in [4.69, 9.17) is 39.5 Å². The van der Waals surface area contributed by atoms with Crippen molar-refractivity contribution in [3.63, 3.8) is 0 Å². The van der Waals surface area contributed by atoms with Crippen molar-refractivity contribution in [3.05, 3.63) is 104 Å². The summed E-state index contributed by atoms with van der Waals surface area (Å²) in [6.45, 7) is 2.31. The van der Waals surface area contributed by atoms with Crippen LogP contribution >= 0.6 is 46.6 Å². The molecule has 2 aromatic carbocycles. The number of allylic oxidation sites excluding steroid dienone is 3. The van der Waals surface area contributed by atoms with E-state index in [-0.39, 0.29) is 11.6 Å². The Kier molecular flexibility index (Phi) is 7.63. The molecule has 178 valence electrons. The van der Waals surface area contributed by atoms with Crippen LogP contribution < -0.4 is 0 Å². The van der Waals surface area contributed by atoms with E-state index < -0.39 is 11.2 Å². The molecule has 1 aliphatic heterocycles. The Hall–Kier alpha value is -1.99. The van der Waals surface area contributed by atoms with Gasteiger partial charge in [-0.15, -0.1) is 0 Å². The number of fused-ring (bicyclic) bond motifs is 1. The van der Waals surface area contributed by atoms with Gasteiger partial charge in [0, 0.05) is 34.0 Å². The van der Waals surface area contributed by atoms with Crippen LogP contribution in [0.25, 0.3) is 0 Å². The normalized spacial score (nSPS) is 18.3. The predicted octanol–water partition coefficient (Wildman–Crippen LogP) is 8.37. The van der Waals surface area contributed by atoms with E-state index in [1.807, 2.05) is 17.6 Å². The second kappa shape index (κ2) is 10.3. The molecular formula is C25H21Cl3F2N2OS. The second-order valence-electron chi connectivity index (χ2n) is 8.02. The van der Waals surface area contributed by atoms with E-state index >= 15 is 0 Å². The molecular weight excluding hydrogens is 521 g/mol. The van der Waals surface area contributed by atoms with Crippen LogP contribution in [0.5, 0.6) is 0 Å². The number of imidazole rings is 1. The summed E-state index contributed by atoms with van der Waals surface area (Å²) < 4.78 is 36.5. The quantitative estimate of drug-likeness (QED) is 0.304. The van der Waals surface area contributed by atoms with Gasteiger partial charge in [0.05, 0.1) is 23.4 Å². The standard InChI is InChI=1S/C25H21Cl3F2N2OS/c1-25(15-6-7-18(27)19(28)12-15)10-8-21(30)22(33-2)9-11-32-23(25)13-31-24(32)34-14-16-17(26)4-3-5-20(16)29/h3-9,12-13H,10-11,14H2,1-2H3. The topological polar surface area (TPSA) is 27.1 Å². The molecule has 0 saturated carbocycles. The van der Waals surface area contributed by atoms with Gasteiger partial charge in [-0.1, -0.05) is 58.7 Å². The zero-order chi connectivity index (χ0) is 24.5. The van der Waals surface area contributed by atoms with E-state index in [0.717, 1.165) is 11.3 Å². The first-order valence-electron chi connectivity index (χ1n) is 10.4. The Bertz CT molecular complexity index is 1270. The van der Waals surface area contributed by atoms with Crippen LogP contribution in [0.3, 0.4) is 0 Å². The van der Waals surface area contributed by atoms with Gasteiger partial charge in [-0.2, -0.15) is 0 Å². The molecule has 34 heavy (non-hydrogen) atoms. The molecule has 0 bridgehead atoms. The van der Waals surface area contributed by atoms with Crippen molar-refractivity contribution < 1.29 is 13.5 Å². The first-order valence-corrected chi connectivity index (χ1v) is 12.5. The molecule has 9 heteroatoms. The fourth-order valence-corrected chi connectivity index (χ4v) is 5.58. The third-order valence-corrected chi connectivity index (χ3v) is 8.06. The summed E-state index contributed by atoms with van der Waals surface area (Å²) in [5, 5.41) is 1.86. The molecule has 3 aromatic rings. The van der Waals surface area contributed by atoms with E-state index in [1.165, 1.54) is 31.0 Å². The van der Waals surface area contributed by atoms with Crippen molar-refractivity contribution in [2.45, 2.75) is 36.2 Å². The second-order valence-corrected chi connectivity index (χ2v) is 10.2. The zero-order valence-electron chi connectivity index (χ0n) is 18.4. The lowest BCUT2D eigenvalue weighted by Gasteiger charge is -2.30. The number of benzene rings is 2. The van der Waals surface area contributed by atoms with Gasteiger partial charge in [0.2, 0.25) is 0 Å². The van der Waals surface area contributed by atoms with Gasteiger partial charge >= 0.3 is 0 Å². The largest absolute Gasteiger partial charge is 0.494 e. The van der Waals surface area contributed by atoms with Crippen LogP contribution in [0.2, 0.25) is 15.1 Å². The molecule has 0 amide bonds. The first kappa shape index (κ1) is 25.1. The Morgan fingerprint density at radius 1 is 1.09 bits per heavy atom. The SMILES string of the molecule is COC1=CCn2c(cnc2SCc2c(F)cccc2Cl)C(C)(c2ccc(Cl)c(Cl)c2)CC=C1F. The monoisotopic (exact) mass is 540 g/mol. The molecule has 1 atom stereocenters. The maximum absolute atomic E-state index is 14.9. The molecule has 0 saturated heterocycles. The maximum Gasteiger partial charge on any atom is 0.168 e. The van der Waals surface area contributed by atoms with Gasteiger partial charge in [0.15, 0.2) is 16.7 Å². The molecule has 1 aromatic heterocycles. The lowest BCUT2D eigenvalue weighted by Crippen LogP contribution is -2.26. The summed E-state index contributed by atoms with van der Waals surface area (Å²) in [7, 11) is 1.43. The molecule has 0 fully saturated rings. The molecule has 0 spiro atoms. The number of ether oxygens (including phenoxy) is 1. The lowest BCUT2D eigenvalue weighted by atomic mass is 9.76. The summed E-state index contributed by atoms with van der Waals surface area (Å²) in [5.41, 5.74) is 1.44. The number of rotatable bonds is 5. The van der Waals surface area contributed by atoms with Gasteiger partial charge in [0.1, 0.15) is 5.82 Å². The zero-order valence-corrected chi connectivity index (χ0v) is 21.5. The van der Waals surface area contributed by atoms with E-state index in [1.54, 1.807) is 36.5 Å². The van der Waals surface area contributed by atoms with Crippen LogP contribution in [0.4, 0.5) is 8.78 Å². The minimum Gasteiger partial charge on any atom is -0.494 e. The highest BCUT2D eigenvalue weighted by Crippen LogP contribution is 2.41. The fourth-order valence-electron chi connectivity index (χ4n) is 3.95. The molecule has 1 aliphatic rings. The fraction of sp³-hybridized carbons (Fsp3) is 0.240. The van der Waals surface area contributed by atoms with Crippen LogP contribution in [0.1, 0.15) is 30.2 Å². The Morgan fingerprint density at radius 2 is 1.88 bits per heavy atom. The molecule has 0 aliphatic carbocycles. The number of methoxy groups -OCH3 is 1. The minimum absolute atomic E-state index is 0.145. The van der Waals surface area contributed by atoms with Gasteiger partial charge in [-0.05, 0) is 55.3 Å². The molecule has 3 nitrogen and oxygen atoms in total. The smallest absolute Gasteiger partial charge is 0.168 e. The van der Waals surface area contributed by atoms with Crippen molar-refractivity contribution in [2.75, 3.05) is 7.11 Å². The van der Waals surface area contributed by atoms with E-state index in [0.29, 0.717) is 44.5 Å². The number of thioether (sulfide) groups is 1. The average Bonchev–Trinajstić information content (AvgIpc) is 3.23. The van der Waals surface area contributed by atoms with Gasteiger partial charge in [0.25, 0.3) is 0 Å². The summed E-state index contributed by atoms with van der Waals surface area (Å²) in [6, 6.07) is 10.0. The number of nitrogens with zero attached hydrogens (tertiary/aromatic N) is 2. The Balaban J connectivity index is 1.80. The molecule has 0 N–H and O–H groups in total. The number of hydrogen-bond acceptors (Lipinski definition) is 3. The summed E-state index contributed by atoms with van der Waals surface area (Å²) >= 11 is 20.0. The highest BCUT2D eigenvalue weighted by atomic mass is 35.5. The lowest BCUT2D eigenvalue weighted by molar-refractivity contribution is 0.280. The van der Waals surface area contributed by atoms with E-state index in [9.17, 15) is 8.78 Å². The van der Waals surface area contributed by atoms with Crippen molar-refractivity contribution in [3.8, 4) is 0 Å².